The Kier molecular flexibility index (Phi) is 2.02. The van der Waals surface area contributed by atoms with E-state index in [1.807, 2.05) is 36.4 Å². The van der Waals surface area contributed by atoms with Gasteiger partial charge in [0.05, 0.1) is 0 Å². The van der Waals surface area contributed by atoms with Gasteiger partial charge in [0.25, 0.3) is 0 Å². The maximum Gasteiger partial charge on any atom is 0.206 e. The highest BCUT2D eigenvalue weighted by molar-refractivity contribution is 5.71. The lowest BCUT2D eigenvalue weighted by Gasteiger charge is -2.22. The van der Waals surface area contributed by atoms with E-state index in [1.165, 1.54) is 0 Å². The first-order chi connectivity index (χ1) is 8.29. The van der Waals surface area contributed by atoms with Crippen LogP contribution in [0.5, 0.6) is 5.75 Å². The normalized spacial score (nSPS) is 20.3. The fraction of sp³-hybridized carbons (Fsp3) is 0.0714. The van der Waals surface area contributed by atoms with Gasteiger partial charge in [-0.2, -0.15) is 5.26 Å². The number of ether oxygens (including phenoxy) is 1. The van der Waals surface area contributed by atoms with Gasteiger partial charge < -0.3 is 9.84 Å². The summed E-state index contributed by atoms with van der Waals surface area (Å²) in [5.74, 6) is 0.388. The van der Waals surface area contributed by atoms with E-state index in [0.29, 0.717) is 5.22 Å². The third-order valence-corrected chi connectivity index (χ3v) is 2.88. The Morgan fingerprint density at radius 2 is 2.12 bits per heavy atom. The van der Waals surface area contributed by atoms with Crippen LogP contribution in [0, 0.1) is 11.3 Å². The van der Waals surface area contributed by atoms with E-state index in [2.05, 4.69) is 0 Å². The van der Waals surface area contributed by atoms with Crippen LogP contribution in [0.4, 0.5) is 0 Å². The van der Waals surface area contributed by atoms with Crippen molar-refractivity contribution in [3.63, 3.8) is 0 Å². The largest absolute Gasteiger partial charge is 0.508 e. The molecule has 1 aliphatic heterocycles. The van der Waals surface area contributed by atoms with Crippen molar-refractivity contribution in [2.45, 2.75) is 6.10 Å². The minimum absolute atomic E-state index is 0.134. The zero-order valence-corrected chi connectivity index (χ0v) is 8.92. The van der Waals surface area contributed by atoms with Crippen LogP contribution in [0.15, 0.2) is 42.5 Å². The standard InChI is InChI=1S/C14H9NO2/c15-8-14-12-7-9(16)5-6-10(12)11-3-1-2-4-13(11)17-14/h1-7,13,16H. The molecule has 0 aromatic heterocycles. The molecule has 3 heteroatoms. The fourth-order valence-corrected chi connectivity index (χ4v) is 2.12. The van der Waals surface area contributed by atoms with Gasteiger partial charge in [-0.3, -0.25) is 0 Å². The molecule has 82 valence electrons. The molecule has 3 nitrogen and oxygen atoms in total. The van der Waals surface area contributed by atoms with Crippen molar-refractivity contribution < 1.29 is 9.84 Å². The van der Waals surface area contributed by atoms with Gasteiger partial charge in [-0.15, -0.1) is 0 Å². The summed E-state index contributed by atoms with van der Waals surface area (Å²) in [5.41, 5.74) is 1.02. The summed E-state index contributed by atoms with van der Waals surface area (Å²) < 4.78 is 5.59. The van der Waals surface area contributed by atoms with E-state index in [4.69, 9.17) is 10.00 Å². The molecule has 1 heterocycles. The topological polar surface area (TPSA) is 53.2 Å². The summed E-state index contributed by atoms with van der Waals surface area (Å²) in [5, 5.41) is 20.1. The number of aromatic hydroxyl groups is 1. The van der Waals surface area contributed by atoms with Crippen molar-refractivity contribution in [3.8, 4) is 11.8 Å². The van der Waals surface area contributed by atoms with Gasteiger partial charge in [0, 0.05) is 10.8 Å². The van der Waals surface area contributed by atoms with Crippen molar-refractivity contribution in [3.05, 3.63) is 52.9 Å². The molecule has 1 atom stereocenters. The molecule has 17 heavy (non-hydrogen) atoms. The van der Waals surface area contributed by atoms with E-state index in [-0.39, 0.29) is 17.6 Å². The summed E-state index contributed by atoms with van der Waals surface area (Å²) in [6, 6.07) is 7.03. The zero-order chi connectivity index (χ0) is 11.8. The molecule has 1 unspecified atom stereocenters. The lowest BCUT2D eigenvalue weighted by atomic mass is 9.98. The quantitative estimate of drug-likeness (QED) is 0.704. The molecule has 0 saturated carbocycles. The van der Waals surface area contributed by atoms with Crippen molar-refractivity contribution in [2.75, 3.05) is 0 Å². The molecule has 1 aromatic rings. The SMILES string of the molecule is N#CC1=c2cc(O)ccc2=C2C=CC=CC2O1. The Morgan fingerprint density at radius 3 is 2.94 bits per heavy atom. The number of benzene rings is 1. The van der Waals surface area contributed by atoms with E-state index < -0.39 is 0 Å². The predicted molar refractivity (Wildman–Crippen MR) is 62.9 cm³/mol. The third-order valence-electron chi connectivity index (χ3n) is 2.88. The molecule has 0 bridgehead atoms. The summed E-state index contributed by atoms with van der Waals surface area (Å²) in [7, 11) is 0. The van der Waals surface area contributed by atoms with Crippen LogP contribution in [0.25, 0.3) is 11.3 Å². The van der Waals surface area contributed by atoms with E-state index in [1.54, 1.807) is 12.1 Å². The zero-order valence-electron chi connectivity index (χ0n) is 8.92. The van der Waals surface area contributed by atoms with Gasteiger partial charge in [0.1, 0.15) is 17.9 Å². The van der Waals surface area contributed by atoms with Gasteiger partial charge in [0.2, 0.25) is 5.76 Å². The van der Waals surface area contributed by atoms with E-state index >= 15 is 0 Å². The van der Waals surface area contributed by atoms with Crippen LogP contribution < -0.4 is 10.4 Å². The molecule has 3 rings (SSSR count). The van der Waals surface area contributed by atoms with Crippen LogP contribution >= 0.6 is 0 Å². The third kappa shape index (κ3) is 1.42. The Bertz CT molecular complexity index is 705. The Labute approximate surface area is 97.9 Å². The highest BCUT2D eigenvalue weighted by Gasteiger charge is 2.20. The monoisotopic (exact) mass is 223 g/mol. The highest BCUT2D eigenvalue weighted by atomic mass is 16.5. The number of phenols is 1. The number of phenolic OH excluding ortho intramolecular Hbond substituents is 1. The summed E-state index contributed by atoms with van der Waals surface area (Å²) in [6.45, 7) is 0. The van der Waals surface area contributed by atoms with Gasteiger partial charge in [-0.1, -0.05) is 24.3 Å². The van der Waals surface area contributed by atoms with Crippen LogP contribution in [0.3, 0.4) is 0 Å². The number of hydrogen-bond acceptors (Lipinski definition) is 3. The first-order valence-electron chi connectivity index (χ1n) is 5.29. The second-order valence-electron chi connectivity index (χ2n) is 3.91. The Hall–Kier alpha value is -2.47. The molecular formula is C14H9NO2. The minimum atomic E-state index is -0.202. The minimum Gasteiger partial charge on any atom is -0.508 e. The van der Waals surface area contributed by atoms with Crippen molar-refractivity contribution in [2.24, 2.45) is 0 Å². The van der Waals surface area contributed by atoms with E-state index in [9.17, 15) is 5.11 Å². The molecule has 0 saturated heterocycles. The second-order valence-corrected chi connectivity index (χ2v) is 3.91. The van der Waals surface area contributed by atoms with Crippen LogP contribution in [-0.4, -0.2) is 11.2 Å². The molecule has 1 aliphatic carbocycles. The highest BCUT2D eigenvalue weighted by Crippen LogP contribution is 2.20. The summed E-state index contributed by atoms with van der Waals surface area (Å²) in [4.78, 5) is 0. The fourth-order valence-electron chi connectivity index (χ4n) is 2.12. The number of allylic oxidation sites excluding steroid dienone is 2. The first kappa shape index (κ1) is 9.73. The van der Waals surface area contributed by atoms with Crippen molar-refractivity contribution in [1.82, 2.24) is 0 Å². The van der Waals surface area contributed by atoms with Crippen molar-refractivity contribution >= 4 is 11.3 Å². The Morgan fingerprint density at radius 1 is 1.24 bits per heavy atom. The second kappa shape index (κ2) is 3.53. The van der Waals surface area contributed by atoms with Gasteiger partial charge in [0.15, 0.2) is 0 Å². The lowest BCUT2D eigenvalue weighted by Crippen LogP contribution is -2.37. The molecule has 0 fully saturated rings. The molecule has 0 amide bonds. The van der Waals surface area contributed by atoms with Crippen LogP contribution in [0.1, 0.15) is 0 Å². The van der Waals surface area contributed by atoms with E-state index in [0.717, 1.165) is 10.8 Å². The summed E-state index contributed by atoms with van der Waals surface area (Å²) in [6.07, 6.45) is 7.50. The van der Waals surface area contributed by atoms with Crippen LogP contribution in [0.2, 0.25) is 0 Å². The van der Waals surface area contributed by atoms with Gasteiger partial charge >= 0.3 is 0 Å². The number of nitrogens with zero attached hydrogens (tertiary/aromatic N) is 1. The molecule has 1 N–H and O–H groups in total. The van der Waals surface area contributed by atoms with Gasteiger partial charge in [-0.05, 0) is 23.4 Å². The number of nitriles is 1. The maximum atomic E-state index is 9.48. The molecule has 0 spiro atoms. The molecule has 0 radical (unpaired) electrons. The first-order valence-corrected chi connectivity index (χ1v) is 5.29. The average Bonchev–Trinajstić information content (AvgIpc) is 2.37. The number of fused-ring (bicyclic) bond motifs is 2. The maximum absolute atomic E-state index is 9.48. The smallest absolute Gasteiger partial charge is 0.206 e. The Balaban J connectivity index is 2.46. The number of hydrogen-bond donors (Lipinski definition) is 1. The summed E-state index contributed by atoms with van der Waals surface area (Å²) >= 11 is 0. The lowest BCUT2D eigenvalue weighted by molar-refractivity contribution is 0.260. The molecule has 1 aromatic carbocycles. The average molecular weight is 223 g/mol. The molecular weight excluding hydrogens is 214 g/mol. The van der Waals surface area contributed by atoms with Gasteiger partial charge in [-0.25, -0.2) is 0 Å². The number of rotatable bonds is 0. The van der Waals surface area contributed by atoms with Crippen molar-refractivity contribution in [1.29, 1.82) is 5.26 Å². The predicted octanol–water partition coefficient (Wildman–Crippen LogP) is 0.699. The van der Waals surface area contributed by atoms with Crippen LogP contribution in [-0.2, 0) is 4.74 Å². The molecule has 2 aliphatic rings.